The van der Waals surface area contributed by atoms with E-state index in [2.05, 4.69) is 86.3 Å². The van der Waals surface area contributed by atoms with Crippen LogP contribution in [0.5, 0.6) is 0 Å². The minimum atomic E-state index is -0.301. The lowest BCUT2D eigenvalue weighted by molar-refractivity contribution is 1.26. The predicted octanol–water partition coefficient (Wildman–Crippen LogP) is 3.52. The zero-order chi connectivity index (χ0) is 12.9. The fraction of sp³-hybridized carbons (Fsp3) is 0.0556. The first-order valence-electron chi connectivity index (χ1n) is 6.52. The normalized spacial score (nSPS) is 16.1. The maximum atomic E-state index is 2.25. The lowest BCUT2D eigenvalue weighted by Crippen LogP contribution is -2.16. The van der Waals surface area contributed by atoms with Gasteiger partial charge in [0.15, 0.2) is 0 Å². The van der Waals surface area contributed by atoms with E-state index in [-0.39, 0.29) is 7.92 Å². The van der Waals surface area contributed by atoms with Gasteiger partial charge in [0.2, 0.25) is 0 Å². The summed E-state index contributed by atoms with van der Waals surface area (Å²) in [5, 5.41) is 2.90. The third-order valence-electron chi connectivity index (χ3n) is 3.21. The first-order valence-corrected chi connectivity index (χ1v) is 8.04. The summed E-state index contributed by atoms with van der Waals surface area (Å²) >= 11 is 0. The van der Waals surface area contributed by atoms with Gasteiger partial charge in [-0.3, -0.25) is 0 Å². The Morgan fingerprint density at radius 2 is 1.11 bits per heavy atom. The highest BCUT2D eigenvalue weighted by atomic mass is 31.1. The summed E-state index contributed by atoms with van der Waals surface area (Å²) in [5.74, 6) is 1.43. The molecule has 0 atom stereocenters. The van der Waals surface area contributed by atoms with E-state index in [1.54, 1.807) is 0 Å². The Kier molecular flexibility index (Phi) is 4.30. The molecule has 3 rings (SSSR count). The van der Waals surface area contributed by atoms with Gasteiger partial charge >= 0.3 is 0 Å². The number of rotatable bonds is 4. The zero-order valence-electron chi connectivity index (χ0n) is 10.7. The van der Waals surface area contributed by atoms with Gasteiger partial charge in [-0.2, -0.15) is 0 Å². The third-order valence-corrected chi connectivity index (χ3v) is 5.73. The molecule has 2 aromatic carbocycles. The molecule has 0 amide bonds. The van der Waals surface area contributed by atoms with Crippen LogP contribution in [0.3, 0.4) is 0 Å². The van der Waals surface area contributed by atoms with Gasteiger partial charge in [-0.15, -0.1) is 0 Å². The molecule has 93 valence electrons. The van der Waals surface area contributed by atoms with E-state index in [0.29, 0.717) is 0 Å². The van der Waals surface area contributed by atoms with Gasteiger partial charge in [-0.1, -0.05) is 60.7 Å². The highest BCUT2D eigenvalue weighted by Crippen LogP contribution is 2.40. The van der Waals surface area contributed by atoms with E-state index >= 15 is 0 Å². The summed E-state index contributed by atoms with van der Waals surface area (Å²) < 4.78 is 0. The van der Waals surface area contributed by atoms with Crippen LogP contribution in [-0.2, 0) is 0 Å². The second-order valence-electron chi connectivity index (χ2n) is 4.55. The van der Waals surface area contributed by atoms with Crippen molar-refractivity contribution >= 4 is 18.5 Å². The lowest BCUT2D eigenvalue weighted by Gasteiger charge is -2.21. The quantitative estimate of drug-likeness (QED) is 0.740. The molecule has 0 aliphatic heterocycles. The summed E-state index contributed by atoms with van der Waals surface area (Å²) in [6.45, 7) is 0. The van der Waals surface area contributed by atoms with Crippen LogP contribution in [-0.4, -0.2) is 6.16 Å². The summed E-state index contributed by atoms with van der Waals surface area (Å²) in [5.41, 5.74) is 0. The van der Waals surface area contributed by atoms with Crippen molar-refractivity contribution in [1.29, 1.82) is 0 Å². The largest absolute Gasteiger partial charge is 0.0622 e. The predicted molar refractivity (Wildman–Crippen MR) is 84.4 cm³/mol. The van der Waals surface area contributed by atoms with Crippen molar-refractivity contribution < 1.29 is 0 Å². The summed E-state index contributed by atoms with van der Waals surface area (Å²) in [6.07, 6.45) is 9.82. The molecule has 0 aromatic heterocycles. The second-order valence-corrected chi connectivity index (χ2v) is 6.76. The highest BCUT2D eigenvalue weighted by molar-refractivity contribution is 7.73. The van der Waals surface area contributed by atoms with Crippen molar-refractivity contribution in [3.8, 4) is 0 Å². The van der Waals surface area contributed by atoms with E-state index in [1.807, 2.05) is 0 Å². The topological polar surface area (TPSA) is 0 Å². The fourth-order valence-electron chi connectivity index (χ4n) is 2.25. The molecule has 19 heavy (non-hydrogen) atoms. The molecule has 0 bridgehead atoms. The van der Waals surface area contributed by atoms with Crippen molar-refractivity contribution in [1.82, 2.24) is 0 Å². The zero-order valence-corrected chi connectivity index (χ0v) is 11.6. The Hall–Kier alpha value is -1.13. The van der Waals surface area contributed by atoms with Gasteiger partial charge in [0.1, 0.15) is 0 Å². The molecule has 2 aromatic rings. The van der Waals surface area contributed by atoms with Crippen LogP contribution in [0.2, 0.25) is 0 Å². The van der Waals surface area contributed by atoms with Crippen LogP contribution in [0.1, 0.15) is 0 Å². The van der Waals surface area contributed by atoms with Crippen LogP contribution in [0.4, 0.5) is 0 Å². The first-order chi connectivity index (χ1) is 9.43. The van der Waals surface area contributed by atoms with E-state index in [1.165, 1.54) is 16.5 Å². The number of hydrogen-bond acceptors (Lipinski definition) is 0. The third kappa shape index (κ3) is 3.25. The van der Waals surface area contributed by atoms with Crippen LogP contribution in [0, 0.1) is 31.6 Å². The standard InChI is InChI=1S/C18H16P/c1-3-11-17(12-4-1)19(15-16-9-7-8-10-16)18-13-5-2-6-14-18/h1-14H,15H2. The summed E-state index contributed by atoms with van der Waals surface area (Å²) in [6, 6.07) is 21.7. The van der Waals surface area contributed by atoms with Gasteiger partial charge in [0.05, 0.1) is 0 Å². The van der Waals surface area contributed by atoms with Crippen molar-refractivity contribution in [3.05, 3.63) is 92.3 Å². The number of benzene rings is 2. The monoisotopic (exact) mass is 263 g/mol. The van der Waals surface area contributed by atoms with E-state index in [9.17, 15) is 0 Å². The van der Waals surface area contributed by atoms with Gasteiger partial charge in [-0.05, 0) is 56.3 Å². The average Bonchev–Trinajstić information content (AvgIpc) is 3.00. The first kappa shape index (κ1) is 12.9. The maximum Gasteiger partial charge on any atom is -0.0118 e. The number of hydrogen-bond donors (Lipinski definition) is 0. The van der Waals surface area contributed by atoms with Crippen LogP contribution in [0.15, 0.2) is 60.7 Å². The molecule has 1 aliphatic carbocycles. The Morgan fingerprint density at radius 1 is 0.632 bits per heavy atom. The van der Waals surface area contributed by atoms with Crippen molar-refractivity contribution in [2.24, 2.45) is 0 Å². The van der Waals surface area contributed by atoms with Crippen molar-refractivity contribution in [2.75, 3.05) is 6.16 Å². The molecule has 0 unspecified atom stereocenters. The SMILES string of the molecule is [CH]1[CH][CH][C](CP(c2ccccc2)c2ccccc2)[CH]1. The second kappa shape index (κ2) is 6.35. The van der Waals surface area contributed by atoms with E-state index in [0.717, 1.165) is 6.16 Å². The molecule has 1 heteroatoms. The Labute approximate surface area is 117 Å². The maximum absolute atomic E-state index is 2.25. The lowest BCUT2D eigenvalue weighted by atomic mass is 10.1. The van der Waals surface area contributed by atoms with Gasteiger partial charge in [0.25, 0.3) is 0 Å². The summed E-state index contributed by atoms with van der Waals surface area (Å²) in [7, 11) is -0.301. The molecule has 1 fully saturated rings. The highest BCUT2D eigenvalue weighted by Gasteiger charge is 2.23. The van der Waals surface area contributed by atoms with Gasteiger partial charge < -0.3 is 0 Å². The molecule has 0 N–H and O–H groups in total. The van der Waals surface area contributed by atoms with Crippen molar-refractivity contribution in [2.45, 2.75) is 0 Å². The summed E-state index contributed by atoms with van der Waals surface area (Å²) in [4.78, 5) is 0. The molecule has 0 heterocycles. The Balaban J connectivity index is 1.87. The van der Waals surface area contributed by atoms with Crippen molar-refractivity contribution in [3.63, 3.8) is 0 Å². The van der Waals surface area contributed by atoms with Crippen LogP contribution in [0.25, 0.3) is 0 Å². The molecule has 1 aliphatic rings. The molecule has 0 spiro atoms. The molecule has 0 nitrogen and oxygen atoms in total. The minimum absolute atomic E-state index is 0.301. The van der Waals surface area contributed by atoms with E-state index in [4.69, 9.17) is 0 Å². The van der Waals surface area contributed by atoms with Crippen LogP contribution < -0.4 is 10.6 Å². The van der Waals surface area contributed by atoms with Gasteiger partial charge in [0, 0.05) is 0 Å². The minimum Gasteiger partial charge on any atom is -0.0622 e. The molecular weight excluding hydrogens is 247 g/mol. The van der Waals surface area contributed by atoms with Gasteiger partial charge in [-0.25, -0.2) is 0 Å². The smallest absolute Gasteiger partial charge is 0.0118 e. The Morgan fingerprint density at radius 3 is 1.58 bits per heavy atom. The van der Waals surface area contributed by atoms with Crippen LogP contribution >= 0.6 is 7.92 Å². The average molecular weight is 263 g/mol. The fourth-order valence-corrected chi connectivity index (χ4v) is 4.55. The molecular formula is C18H16P. The van der Waals surface area contributed by atoms with E-state index < -0.39 is 0 Å². The molecule has 5 radical (unpaired) electrons. The molecule has 0 saturated heterocycles. The molecule has 1 saturated carbocycles. The Bertz CT molecular complexity index is 446.